The molecule has 0 bridgehead atoms. The van der Waals surface area contributed by atoms with Gasteiger partial charge in [0.15, 0.2) is 0 Å². The summed E-state index contributed by atoms with van der Waals surface area (Å²) >= 11 is 0. The molecule has 1 nitrogen and oxygen atoms in total. The molecule has 0 saturated carbocycles. The summed E-state index contributed by atoms with van der Waals surface area (Å²) in [5.74, 6) is 0. The van der Waals surface area contributed by atoms with Gasteiger partial charge in [0.1, 0.15) is 0 Å². The van der Waals surface area contributed by atoms with Crippen LogP contribution >= 0.6 is 0 Å². The predicted octanol–water partition coefficient (Wildman–Crippen LogP) is 4.44. The zero-order valence-electron chi connectivity index (χ0n) is 13.3. The van der Waals surface area contributed by atoms with Gasteiger partial charge in [-0.05, 0) is 41.0 Å². The van der Waals surface area contributed by atoms with Gasteiger partial charge in [0, 0.05) is 6.61 Å². The maximum atomic E-state index is 6.37. The summed E-state index contributed by atoms with van der Waals surface area (Å²) in [4.78, 5) is 0. The van der Waals surface area contributed by atoms with Gasteiger partial charge in [0.25, 0.3) is 0 Å². The molecule has 3 aromatic carbocycles. The maximum Gasteiger partial charge on any atom is 0.226 e. The van der Waals surface area contributed by atoms with E-state index in [1.54, 1.807) is 0 Å². The Kier molecular flexibility index (Phi) is 4.41. The normalized spacial score (nSPS) is 13.9. The molecule has 0 aromatic heterocycles. The highest BCUT2D eigenvalue weighted by Crippen LogP contribution is 2.20. The number of hydrogen-bond acceptors (Lipinski definition) is 1. The lowest BCUT2D eigenvalue weighted by molar-refractivity contribution is 0.333. The molecular weight excluding hydrogens is 284 g/mol. The largest absolute Gasteiger partial charge is 0.413 e. The van der Waals surface area contributed by atoms with Crippen LogP contribution in [0.5, 0.6) is 0 Å². The van der Waals surface area contributed by atoms with Gasteiger partial charge in [-0.25, -0.2) is 0 Å². The van der Waals surface area contributed by atoms with E-state index in [1.165, 1.54) is 21.5 Å². The molecule has 22 heavy (non-hydrogen) atoms. The molecule has 3 aromatic rings. The first-order valence-corrected chi connectivity index (χ1v) is 10.5. The Morgan fingerprint density at radius 2 is 1.50 bits per heavy atom. The minimum absolute atomic E-state index is 0.763. The van der Waals surface area contributed by atoms with Crippen LogP contribution in [0.15, 0.2) is 72.8 Å². The molecule has 0 radical (unpaired) electrons. The average molecular weight is 306 g/mol. The number of hydrogen-bond donors (Lipinski definition) is 0. The van der Waals surface area contributed by atoms with Crippen molar-refractivity contribution in [3.63, 3.8) is 0 Å². The van der Waals surface area contributed by atoms with Crippen LogP contribution in [0.2, 0.25) is 6.55 Å². The van der Waals surface area contributed by atoms with E-state index in [0.29, 0.717) is 0 Å². The molecule has 0 aliphatic rings. The monoisotopic (exact) mass is 306 g/mol. The molecule has 0 N–H and O–H groups in total. The molecule has 1 atom stereocenters. The summed E-state index contributed by atoms with van der Waals surface area (Å²) < 4.78 is 6.37. The van der Waals surface area contributed by atoms with Gasteiger partial charge >= 0.3 is 0 Å². The lowest BCUT2D eigenvalue weighted by atomic mass is 10.1. The van der Waals surface area contributed by atoms with Gasteiger partial charge in [-0.15, -0.1) is 0 Å². The van der Waals surface area contributed by atoms with Crippen LogP contribution in [0.4, 0.5) is 0 Å². The quantitative estimate of drug-likeness (QED) is 0.633. The van der Waals surface area contributed by atoms with Gasteiger partial charge in [0.05, 0.1) is 0 Å². The molecule has 0 amide bonds. The number of fused-ring (bicyclic) bond motifs is 1. The van der Waals surface area contributed by atoms with Crippen LogP contribution in [0.1, 0.15) is 12.5 Å². The first-order chi connectivity index (χ1) is 10.7. The molecule has 0 fully saturated rings. The van der Waals surface area contributed by atoms with Crippen molar-refractivity contribution in [2.45, 2.75) is 19.5 Å². The summed E-state index contributed by atoms with van der Waals surface area (Å²) in [5, 5.41) is 4.03. The predicted molar refractivity (Wildman–Crippen MR) is 97.0 cm³/mol. The van der Waals surface area contributed by atoms with E-state index in [0.717, 1.165) is 12.7 Å². The van der Waals surface area contributed by atoms with E-state index in [2.05, 4.69) is 86.3 Å². The third-order valence-electron chi connectivity index (χ3n) is 4.21. The van der Waals surface area contributed by atoms with Crippen molar-refractivity contribution < 1.29 is 4.43 Å². The fourth-order valence-corrected chi connectivity index (χ4v) is 6.56. The summed E-state index contributed by atoms with van der Waals surface area (Å²) in [6, 6.07) is 26.9. The van der Waals surface area contributed by atoms with Crippen molar-refractivity contribution in [2.75, 3.05) is 6.61 Å². The Hall–Kier alpha value is -1.90. The SMILES string of the molecule is CCO[Si](C)(Cc1ccccc1)c1cccc2ccccc12. The van der Waals surface area contributed by atoms with Crippen molar-refractivity contribution in [1.29, 1.82) is 0 Å². The minimum Gasteiger partial charge on any atom is -0.413 e. The second kappa shape index (κ2) is 6.47. The molecule has 1 unspecified atom stereocenters. The Morgan fingerprint density at radius 1 is 0.818 bits per heavy atom. The van der Waals surface area contributed by atoms with Crippen LogP contribution in [-0.4, -0.2) is 14.9 Å². The first-order valence-electron chi connectivity index (χ1n) is 7.89. The average Bonchev–Trinajstić information content (AvgIpc) is 2.55. The van der Waals surface area contributed by atoms with Crippen molar-refractivity contribution in [2.24, 2.45) is 0 Å². The molecular formula is C20H22OSi. The van der Waals surface area contributed by atoms with Gasteiger partial charge in [-0.2, -0.15) is 0 Å². The lowest BCUT2D eigenvalue weighted by Gasteiger charge is -2.29. The van der Waals surface area contributed by atoms with Crippen LogP contribution in [0.25, 0.3) is 10.8 Å². The Balaban J connectivity index is 2.09. The Morgan fingerprint density at radius 3 is 2.27 bits per heavy atom. The van der Waals surface area contributed by atoms with E-state index in [1.807, 2.05) is 0 Å². The van der Waals surface area contributed by atoms with E-state index in [4.69, 9.17) is 4.43 Å². The Labute approximate surface area is 133 Å². The van der Waals surface area contributed by atoms with Crippen molar-refractivity contribution >= 4 is 24.3 Å². The molecule has 0 heterocycles. The Bertz CT molecular complexity index is 749. The zero-order valence-corrected chi connectivity index (χ0v) is 14.3. The molecule has 0 saturated heterocycles. The van der Waals surface area contributed by atoms with Gasteiger partial charge in [-0.1, -0.05) is 72.8 Å². The van der Waals surface area contributed by atoms with E-state index in [-0.39, 0.29) is 0 Å². The smallest absolute Gasteiger partial charge is 0.226 e. The summed E-state index contributed by atoms with van der Waals surface area (Å²) in [6.07, 6.45) is 0. The highest BCUT2D eigenvalue weighted by Gasteiger charge is 2.33. The lowest BCUT2D eigenvalue weighted by Crippen LogP contribution is -2.50. The summed E-state index contributed by atoms with van der Waals surface area (Å²) in [7, 11) is -2.03. The third kappa shape index (κ3) is 2.98. The van der Waals surface area contributed by atoms with E-state index >= 15 is 0 Å². The summed E-state index contributed by atoms with van der Waals surface area (Å²) in [6.45, 7) is 5.20. The third-order valence-corrected chi connectivity index (χ3v) is 7.79. The molecule has 0 aliphatic heterocycles. The second-order valence-electron chi connectivity index (χ2n) is 5.85. The molecule has 112 valence electrons. The molecule has 0 spiro atoms. The van der Waals surface area contributed by atoms with Gasteiger partial charge < -0.3 is 4.43 Å². The van der Waals surface area contributed by atoms with Crippen molar-refractivity contribution in [1.82, 2.24) is 0 Å². The number of rotatable bonds is 5. The highest BCUT2D eigenvalue weighted by atomic mass is 28.4. The highest BCUT2D eigenvalue weighted by molar-refractivity contribution is 6.86. The molecule has 2 heteroatoms. The van der Waals surface area contributed by atoms with Gasteiger partial charge in [-0.3, -0.25) is 0 Å². The summed E-state index contributed by atoms with van der Waals surface area (Å²) in [5.41, 5.74) is 1.36. The fourth-order valence-electron chi connectivity index (χ4n) is 3.21. The maximum absolute atomic E-state index is 6.37. The van der Waals surface area contributed by atoms with Crippen LogP contribution in [0, 0.1) is 0 Å². The fraction of sp³-hybridized carbons (Fsp3) is 0.200. The van der Waals surface area contributed by atoms with Crippen LogP contribution in [0.3, 0.4) is 0 Å². The topological polar surface area (TPSA) is 9.23 Å². The van der Waals surface area contributed by atoms with Crippen molar-refractivity contribution in [3.8, 4) is 0 Å². The first kappa shape index (κ1) is 15.0. The minimum atomic E-state index is -2.03. The van der Waals surface area contributed by atoms with E-state index < -0.39 is 8.32 Å². The van der Waals surface area contributed by atoms with Crippen LogP contribution in [-0.2, 0) is 10.5 Å². The van der Waals surface area contributed by atoms with Crippen molar-refractivity contribution in [3.05, 3.63) is 78.4 Å². The second-order valence-corrected chi connectivity index (χ2v) is 9.50. The number of benzene rings is 3. The zero-order chi connectivity index (χ0) is 15.4. The molecule has 0 aliphatic carbocycles. The van der Waals surface area contributed by atoms with Crippen LogP contribution < -0.4 is 5.19 Å². The van der Waals surface area contributed by atoms with Gasteiger partial charge in [0.2, 0.25) is 8.32 Å². The standard InChI is InChI=1S/C20H22OSi/c1-3-21-22(2,16-17-10-5-4-6-11-17)20-15-9-13-18-12-7-8-14-19(18)20/h4-15H,3,16H2,1-2H3. The molecule has 3 rings (SSSR count). The van der Waals surface area contributed by atoms with E-state index in [9.17, 15) is 0 Å².